The zero-order valence-electron chi connectivity index (χ0n) is 75.8. The van der Waals surface area contributed by atoms with Crippen LogP contribution in [0.25, 0.3) is 239 Å². The van der Waals surface area contributed by atoms with Crippen molar-refractivity contribution in [2.75, 3.05) is 0 Å². The van der Waals surface area contributed by atoms with Crippen LogP contribution in [-0.2, 0) is 10.8 Å². The SMILES string of the molecule is CC1(C)c2ccccc2-c2c1ccc1c(-c3nc(-c4ccccc4)nc(-c4ccc5ccccc5c4)n3)cccc21.CC1(C)c2ccccc2-c2ccc3cc(-c4ccc(-c5nc(-c6ccccc6)nc(-c6ccccc6)n5)cc4)ccc3c21.c1ccc(-c2nc(-c3ccc(-c4cccc5c4ccc4c6ccccc6n(-c6cccc7ccccc67)c54)cc3)nc3c2ccc2ccccc23)cc1. The van der Waals surface area contributed by atoms with Gasteiger partial charge in [-0.05, 0) is 146 Å². The van der Waals surface area contributed by atoms with Gasteiger partial charge in [0.05, 0.1) is 27.9 Å². The van der Waals surface area contributed by atoms with Crippen LogP contribution < -0.4 is 0 Å². The van der Waals surface area contributed by atoms with E-state index in [4.69, 9.17) is 39.9 Å². The van der Waals surface area contributed by atoms with Gasteiger partial charge in [-0.25, -0.2) is 39.9 Å². The maximum atomic E-state index is 5.21. The topological polar surface area (TPSA) is 108 Å². The van der Waals surface area contributed by atoms with E-state index in [1.807, 2.05) is 84.9 Å². The lowest BCUT2D eigenvalue weighted by atomic mass is 9.80. The Labute approximate surface area is 793 Å². The summed E-state index contributed by atoms with van der Waals surface area (Å²) in [6, 6.07) is 161. The van der Waals surface area contributed by atoms with Crippen LogP contribution >= 0.6 is 0 Å². The fourth-order valence-corrected chi connectivity index (χ4v) is 21.3. The van der Waals surface area contributed by atoms with Gasteiger partial charge in [0.1, 0.15) is 0 Å². The number of nitrogens with zero attached hydrogens (tertiary/aromatic N) is 9. The Bertz CT molecular complexity index is 9070. The molecule has 4 aromatic heterocycles. The molecule has 25 aromatic rings. The molecule has 2 aliphatic carbocycles. The minimum absolute atomic E-state index is 0.0314. The molecule has 0 saturated carbocycles. The lowest BCUT2D eigenvalue weighted by Crippen LogP contribution is -2.15. The Morgan fingerprint density at radius 1 is 0.190 bits per heavy atom. The van der Waals surface area contributed by atoms with Crippen molar-refractivity contribution in [3.8, 4) is 141 Å². The Morgan fingerprint density at radius 3 is 1.27 bits per heavy atom. The predicted octanol–water partition coefficient (Wildman–Crippen LogP) is 32.7. The Hall–Kier alpha value is -17.7. The van der Waals surface area contributed by atoms with Crippen molar-refractivity contribution in [2.24, 2.45) is 0 Å². The molecule has 0 bridgehead atoms. The zero-order valence-corrected chi connectivity index (χ0v) is 75.8. The molecule has 0 amide bonds. The molecule has 0 unspecified atom stereocenters. The molecule has 0 spiro atoms. The van der Waals surface area contributed by atoms with Gasteiger partial charge in [0.2, 0.25) is 0 Å². The summed E-state index contributed by atoms with van der Waals surface area (Å²) >= 11 is 0. The summed E-state index contributed by atoms with van der Waals surface area (Å²) in [6.07, 6.45) is 0. The van der Waals surface area contributed by atoms with E-state index < -0.39 is 0 Å². The minimum Gasteiger partial charge on any atom is -0.308 e. The molecule has 0 radical (unpaired) electrons. The fraction of sp³-hybridized carbons (Fsp3) is 0.0469. The third kappa shape index (κ3) is 14.2. The first kappa shape index (κ1) is 81.3. The van der Waals surface area contributed by atoms with Crippen LogP contribution in [0.2, 0.25) is 0 Å². The first-order valence-corrected chi connectivity index (χ1v) is 46.8. The maximum Gasteiger partial charge on any atom is 0.164 e. The van der Waals surface area contributed by atoms with Crippen molar-refractivity contribution < 1.29 is 0 Å². The first-order chi connectivity index (χ1) is 67.4. The predicted molar refractivity (Wildman–Crippen MR) is 568 cm³/mol. The van der Waals surface area contributed by atoms with Crippen LogP contribution in [0.3, 0.4) is 0 Å². The average Bonchev–Trinajstić information content (AvgIpc) is 1.59. The van der Waals surface area contributed by atoms with Gasteiger partial charge in [-0.3, -0.25) is 0 Å². The molecule has 0 fully saturated rings. The fourth-order valence-electron chi connectivity index (χ4n) is 21.3. The summed E-state index contributed by atoms with van der Waals surface area (Å²) in [7, 11) is 0. The van der Waals surface area contributed by atoms with E-state index in [0.717, 1.165) is 94.2 Å². The number of aromatic nitrogens is 9. The first-order valence-electron chi connectivity index (χ1n) is 46.8. The summed E-state index contributed by atoms with van der Waals surface area (Å²) in [4.78, 5) is 40.1. The molecule has 9 nitrogen and oxygen atoms in total. The standard InChI is InChI=1S/C50H31N3.C40H29N3.C38H27N3/c1-2-14-35(15-3-1)47-44-29-28-33-13-5-7-18-39(33)48(44)52-50(51-47)36-26-24-34(25-27-36)37-20-11-21-42-40(37)30-31-43-41-19-8-9-22-46(41)53(49(42)43)45-23-10-16-32-12-4-6-17-38(32)45;1-40(2)35-16-10-9-15-33(35)34-24-22-31-25-30(21-23-32(31)36(34)40)26-17-19-29(20-18-26)39-42-37(27-11-5-3-6-12-27)41-38(43-39)28-13-7-4-8-14-28;1-38(2)32-18-9-8-15-31(32)34-29-16-10-17-30(28(29)21-22-33(34)38)37-40-35(25-12-4-3-5-13-25)39-36(41-37)27-20-19-24-11-6-7-14-26(24)23-27/h1-31H;3-25H,1-2H3;3-23H,1-2H3. The number of para-hydroxylation sites is 1. The smallest absolute Gasteiger partial charge is 0.164 e. The van der Waals surface area contributed by atoms with E-state index in [2.05, 4.69) is 402 Å². The van der Waals surface area contributed by atoms with Crippen molar-refractivity contribution in [3.63, 3.8) is 0 Å². The van der Waals surface area contributed by atoms with Crippen LogP contribution in [0.5, 0.6) is 0 Å². The van der Waals surface area contributed by atoms with Crippen molar-refractivity contribution in [1.82, 2.24) is 44.4 Å². The van der Waals surface area contributed by atoms with E-state index in [1.54, 1.807) is 0 Å². The molecular weight excluding hydrogens is 1660 g/mol. The van der Waals surface area contributed by atoms with Crippen LogP contribution in [0.4, 0.5) is 0 Å². The van der Waals surface area contributed by atoms with Gasteiger partial charge in [0.25, 0.3) is 0 Å². The molecule has 27 rings (SSSR count). The lowest BCUT2D eigenvalue weighted by molar-refractivity contribution is 0.661. The molecule has 644 valence electrons. The summed E-state index contributed by atoms with van der Waals surface area (Å²) in [5.41, 5.74) is 29.0. The molecule has 2 aliphatic rings. The highest BCUT2D eigenvalue weighted by molar-refractivity contribution is 6.21. The third-order valence-corrected chi connectivity index (χ3v) is 28.0. The molecule has 0 saturated heterocycles. The number of hydrogen-bond donors (Lipinski definition) is 0. The van der Waals surface area contributed by atoms with Gasteiger partial charge in [-0.1, -0.05) is 452 Å². The average molecular weight is 1750 g/mol. The van der Waals surface area contributed by atoms with Crippen LogP contribution in [0.15, 0.2) is 455 Å². The molecule has 137 heavy (non-hydrogen) atoms. The lowest BCUT2D eigenvalue weighted by Gasteiger charge is -2.23. The monoisotopic (exact) mass is 1750 g/mol. The van der Waals surface area contributed by atoms with Gasteiger partial charge >= 0.3 is 0 Å². The highest BCUT2D eigenvalue weighted by Gasteiger charge is 2.38. The minimum atomic E-state index is -0.0486. The highest BCUT2D eigenvalue weighted by Crippen LogP contribution is 2.54. The summed E-state index contributed by atoms with van der Waals surface area (Å²) in [5, 5.41) is 18.1. The Balaban J connectivity index is 0.000000110. The second kappa shape index (κ2) is 33.3. The van der Waals surface area contributed by atoms with E-state index >= 15 is 0 Å². The second-order valence-electron chi connectivity index (χ2n) is 36.7. The van der Waals surface area contributed by atoms with Gasteiger partial charge in [-0.15, -0.1) is 0 Å². The van der Waals surface area contributed by atoms with Crippen LogP contribution in [0.1, 0.15) is 49.9 Å². The summed E-state index contributed by atoms with van der Waals surface area (Å²) < 4.78 is 2.47. The molecular formula is C128H87N9. The molecule has 4 heterocycles. The van der Waals surface area contributed by atoms with E-state index in [1.165, 1.54) is 132 Å². The van der Waals surface area contributed by atoms with Gasteiger partial charge in [0.15, 0.2) is 40.8 Å². The van der Waals surface area contributed by atoms with Gasteiger partial charge in [-0.2, -0.15) is 0 Å². The Kier molecular flexibility index (Phi) is 19.7. The normalized spacial score (nSPS) is 12.6. The highest BCUT2D eigenvalue weighted by atomic mass is 15.0. The van der Waals surface area contributed by atoms with E-state index in [-0.39, 0.29) is 10.8 Å². The number of fused-ring (bicyclic) bond motifs is 20. The third-order valence-electron chi connectivity index (χ3n) is 28.0. The molecule has 0 atom stereocenters. The van der Waals surface area contributed by atoms with Crippen molar-refractivity contribution in [3.05, 3.63) is 477 Å². The Morgan fingerprint density at radius 2 is 0.599 bits per heavy atom. The van der Waals surface area contributed by atoms with E-state index in [0.29, 0.717) is 34.9 Å². The van der Waals surface area contributed by atoms with Crippen LogP contribution in [-0.4, -0.2) is 44.4 Å². The van der Waals surface area contributed by atoms with Crippen molar-refractivity contribution in [2.45, 2.75) is 38.5 Å². The molecule has 9 heteroatoms. The van der Waals surface area contributed by atoms with Crippen molar-refractivity contribution in [1.29, 1.82) is 0 Å². The second-order valence-corrected chi connectivity index (χ2v) is 36.7. The number of rotatable bonds is 11. The van der Waals surface area contributed by atoms with Crippen molar-refractivity contribution >= 4 is 97.3 Å². The zero-order chi connectivity index (χ0) is 91.4. The quantitative estimate of drug-likeness (QED) is 0.118. The van der Waals surface area contributed by atoms with Gasteiger partial charge in [0, 0.05) is 87.7 Å². The molecule has 0 N–H and O–H groups in total. The largest absolute Gasteiger partial charge is 0.308 e. The summed E-state index contributed by atoms with van der Waals surface area (Å²) in [6.45, 7) is 9.33. The molecule has 21 aromatic carbocycles. The number of hydrogen-bond acceptors (Lipinski definition) is 8. The summed E-state index contributed by atoms with van der Waals surface area (Å²) in [5.74, 6) is 4.74. The van der Waals surface area contributed by atoms with Crippen LogP contribution in [0, 0.1) is 0 Å². The van der Waals surface area contributed by atoms with Gasteiger partial charge < -0.3 is 4.57 Å². The van der Waals surface area contributed by atoms with E-state index in [9.17, 15) is 0 Å². The number of benzene rings is 21. The molecule has 0 aliphatic heterocycles. The maximum absolute atomic E-state index is 5.21.